The van der Waals surface area contributed by atoms with Crippen molar-refractivity contribution in [2.75, 3.05) is 53.6 Å². The summed E-state index contributed by atoms with van der Waals surface area (Å²) in [5.74, 6) is 2.48. The summed E-state index contributed by atoms with van der Waals surface area (Å²) in [6.07, 6.45) is 0. The quantitative estimate of drug-likeness (QED) is 0.536. The number of carbonyl (C=O) groups is 1. The minimum absolute atomic E-state index is 0.137. The van der Waals surface area contributed by atoms with E-state index in [4.69, 9.17) is 18.7 Å². The average molecular weight is 437 g/mol. The SMILES string of the molecule is COc1ccc(OC)c(-c2cc(C(=O)N3CCN(CCOc4ccccc4)CC3)no2)c1. The van der Waals surface area contributed by atoms with Gasteiger partial charge in [0.15, 0.2) is 11.5 Å². The number of rotatable bonds is 8. The standard InChI is InChI=1S/C24H27N3O5/c1-29-19-8-9-22(30-2)20(16-19)23-17-21(25-32-23)24(28)27-12-10-26(11-13-27)14-15-31-18-6-4-3-5-7-18/h3-9,16-17H,10-15H2,1-2H3. The Morgan fingerprint density at radius 1 is 0.969 bits per heavy atom. The third-order valence-corrected chi connectivity index (χ3v) is 5.48. The van der Waals surface area contributed by atoms with Gasteiger partial charge < -0.3 is 23.6 Å². The molecule has 8 heteroatoms. The van der Waals surface area contributed by atoms with E-state index in [-0.39, 0.29) is 11.6 Å². The first-order valence-corrected chi connectivity index (χ1v) is 10.6. The van der Waals surface area contributed by atoms with Crippen molar-refractivity contribution in [3.63, 3.8) is 0 Å². The number of amides is 1. The molecule has 1 aliphatic heterocycles. The van der Waals surface area contributed by atoms with Crippen molar-refractivity contribution in [1.29, 1.82) is 0 Å². The summed E-state index contributed by atoms with van der Waals surface area (Å²) in [5, 5.41) is 4.00. The molecular weight excluding hydrogens is 410 g/mol. The first-order chi connectivity index (χ1) is 15.7. The van der Waals surface area contributed by atoms with E-state index in [0.29, 0.717) is 42.5 Å². The van der Waals surface area contributed by atoms with Crippen molar-refractivity contribution in [3.8, 4) is 28.6 Å². The lowest BCUT2D eigenvalue weighted by Gasteiger charge is -2.34. The van der Waals surface area contributed by atoms with Gasteiger partial charge in [0.05, 0.1) is 19.8 Å². The van der Waals surface area contributed by atoms with Crippen LogP contribution < -0.4 is 14.2 Å². The molecule has 2 aromatic carbocycles. The normalized spacial score (nSPS) is 14.2. The second kappa shape index (κ2) is 10.2. The molecule has 0 unspecified atom stereocenters. The van der Waals surface area contributed by atoms with Gasteiger partial charge in [0.2, 0.25) is 0 Å². The molecule has 1 aromatic heterocycles. The van der Waals surface area contributed by atoms with E-state index in [1.54, 1.807) is 43.4 Å². The van der Waals surface area contributed by atoms with Crippen LogP contribution in [-0.2, 0) is 0 Å². The largest absolute Gasteiger partial charge is 0.497 e. The lowest BCUT2D eigenvalue weighted by Crippen LogP contribution is -2.49. The predicted octanol–water partition coefficient (Wildman–Crippen LogP) is 3.20. The summed E-state index contributed by atoms with van der Waals surface area (Å²) in [7, 11) is 3.17. The van der Waals surface area contributed by atoms with Crippen molar-refractivity contribution < 1.29 is 23.5 Å². The fraction of sp³-hybridized carbons (Fsp3) is 0.333. The summed E-state index contributed by atoms with van der Waals surface area (Å²) in [4.78, 5) is 17.0. The van der Waals surface area contributed by atoms with Crippen LogP contribution >= 0.6 is 0 Å². The highest BCUT2D eigenvalue weighted by Gasteiger charge is 2.25. The molecule has 1 amide bonds. The number of nitrogens with zero attached hydrogens (tertiary/aromatic N) is 3. The minimum Gasteiger partial charge on any atom is -0.497 e. The van der Waals surface area contributed by atoms with Crippen LogP contribution in [0.4, 0.5) is 0 Å². The monoisotopic (exact) mass is 437 g/mol. The Hall–Kier alpha value is -3.52. The van der Waals surface area contributed by atoms with Gasteiger partial charge in [0, 0.05) is 38.8 Å². The van der Waals surface area contributed by atoms with Crippen LogP contribution in [0.25, 0.3) is 11.3 Å². The Balaban J connectivity index is 1.32. The van der Waals surface area contributed by atoms with Crippen LogP contribution in [0.3, 0.4) is 0 Å². The van der Waals surface area contributed by atoms with Gasteiger partial charge in [-0.05, 0) is 30.3 Å². The third kappa shape index (κ3) is 5.03. The number of aromatic nitrogens is 1. The Morgan fingerprint density at radius 3 is 2.47 bits per heavy atom. The molecule has 0 spiro atoms. The number of hydrogen-bond acceptors (Lipinski definition) is 7. The zero-order chi connectivity index (χ0) is 22.3. The molecule has 1 fully saturated rings. The Morgan fingerprint density at radius 2 is 1.75 bits per heavy atom. The summed E-state index contributed by atoms with van der Waals surface area (Å²) >= 11 is 0. The predicted molar refractivity (Wildman–Crippen MR) is 119 cm³/mol. The van der Waals surface area contributed by atoms with Gasteiger partial charge in [-0.2, -0.15) is 0 Å². The van der Waals surface area contributed by atoms with Crippen LogP contribution in [0.5, 0.6) is 17.2 Å². The van der Waals surface area contributed by atoms with E-state index in [1.165, 1.54) is 0 Å². The molecule has 0 atom stereocenters. The van der Waals surface area contributed by atoms with Gasteiger partial charge in [0.25, 0.3) is 5.91 Å². The Kier molecular flexibility index (Phi) is 6.91. The van der Waals surface area contributed by atoms with E-state index in [1.807, 2.05) is 30.3 Å². The highest BCUT2D eigenvalue weighted by Crippen LogP contribution is 2.34. The number of hydrogen-bond donors (Lipinski definition) is 0. The number of ether oxygens (including phenoxy) is 3. The summed E-state index contributed by atoms with van der Waals surface area (Å²) in [6.45, 7) is 4.29. The van der Waals surface area contributed by atoms with Crippen molar-refractivity contribution in [2.45, 2.75) is 0 Å². The molecule has 32 heavy (non-hydrogen) atoms. The molecule has 3 aromatic rings. The van der Waals surface area contributed by atoms with E-state index in [2.05, 4.69) is 10.1 Å². The second-order valence-electron chi connectivity index (χ2n) is 7.44. The van der Waals surface area contributed by atoms with E-state index < -0.39 is 0 Å². The van der Waals surface area contributed by atoms with E-state index in [0.717, 1.165) is 25.4 Å². The summed E-state index contributed by atoms with van der Waals surface area (Å²) in [5.41, 5.74) is 0.965. The molecular formula is C24H27N3O5. The van der Waals surface area contributed by atoms with Crippen molar-refractivity contribution in [3.05, 3.63) is 60.3 Å². The maximum absolute atomic E-state index is 12.9. The maximum Gasteiger partial charge on any atom is 0.276 e. The lowest BCUT2D eigenvalue weighted by atomic mass is 10.1. The van der Waals surface area contributed by atoms with Gasteiger partial charge >= 0.3 is 0 Å². The smallest absolute Gasteiger partial charge is 0.276 e. The van der Waals surface area contributed by atoms with Crippen LogP contribution in [0.1, 0.15) is 10.5 Å². The fourth-order valence-electron chi connectivity index (χ4n) is 3.66. The summed E-state index contributed by atoms with van der Waals surface area (Å²) in [6, 6.07) is 16.8. The molecule has 0 radical (unpaired) electrons. The van der Waals surface area contributed by atoms with Crippen LogP contribution in [0.15, 0.2) is 59.1 Å². The molecule has 0 N–H and O–H groups in total. The number of carbonyl (C=O) groups excluding carboxylic acids is 1. The van der Waals surface area contributed by atoms with Crippen molar-refractivity contribution in [1.82, 2.24) is 15.0 Å². The van der Waals surface area contributed by atoms with Crippen molar-refractivity contribution in [2.24, 2.45) is 0 Å². The molecule has 0 bridgehead atoms. The average Bonchev–Trinajstić information content (AvgIpc) is 3.34. The lowest BCUT2D eigenvalue weighted by molar-refractivity contribution is 0.0610. The van der Waals surface area contributed by atoms with Crippen LogP contribution in [0, 0.1) is 0 Å². The maximum atomic E-state index is 12.9. The van der Waals surface area contributed by atoms with E-state index >= 15 is 0 Å². The minimum atomic E-state index is -0.137. The first kappa shape index (κ1) is 21.7. The number of benzene rings is 2. The number of piperazine rings is 1. The van der Waals surface area contributed by atoms with Gasteiger partial charge in [-0.25, -0.2) is 0 Å². The molecule has 0 aliphatic carbocycles. The van der Waals surface area contributed by atoms with Crippen LogP contribution in [0.2, 0.25) is 0 Å². The zero-order valence-corrected chi connectivity index (χ0v) is 18.3. The first-order valence-electron chi connectivity index (χ1n) is 10.6. The summed E-state index contributed by atoms with van der Waals surface area (Å²) < 4.78 is 21.9. The molecule has 4 rings (SSSR count). The Bertz CT molecular complexity index is 1030. The molecule has 168 valence electrons. The van der Waals surface area contributed by atoms with Gasteiger partial charge in [-0.3, -0.25) is 9.69 Å². The second-order valence-corrected chi connectivity index (χ2v) is 7.44. The van der Waals surface area contributed by atoms with E-state index in [9.17, 15) is 4.79 Å². The zero-order valence-electron chi connectivity index (χ0n) is 18.3. The molecule has 0 saturated carbocycles. The topological polar surface area (TPSA) is 77.3 Å². The highest BCUT2D eigenvalue weighted by molar-refractivity contribution is 5.93. The third-order valence-electron chi connectivity index (χ3n) is 5.48. The van der Waals surface area contributed by atoms with Crippen LogP contribution in [-0.4, -0.2) is 74.4 Å². The van der Waals surface area contributed by atoms with Gasteiger partial charge in [-0.15, -0.1) is 0 Å². The molecule has 8 nitrogen and oxygen atoms in total. The van der Waals surface area contributed by atoms with Gasteiger partial charge in [0.1, 0.15) is 23.9 Å². The molecule has 1 saturated heterocycles. The van der Waals surface area contributed by atoms with Gasteiger partial charge in [-0.1, -0.05) is 23.4 Å². The molecule has 1 aliphatic rings. The van der Waals surface area contributed by atoms with Crippen molar-refractivity contribution >= 4 is 5.91 Å². The fourth-order valence-corrected chi connectivity index (χ4v) is 3.66. The number of para-hydroxylation sites is 1. The Labute approximate surface area is 187 Å². The highest BCUT2D eigenvalue weighted by atomic mass is 16.5. The number of methoxy groups -OCH3 is 2. The molecule has 2 heterocycles.